The Kier molecular flexibility index (Phi) is 6.12. The average Bonchev–Trinajstić information content (AvgIpc) is 3.08. The maximum atomic E-state index is 12.4. The van der Waals surface area contributed by atoms with Gasteiger partial charge in [-0.3, -0.25) is 4.79 Å². The Morgan fingerprint density at radius 2 is 1.82 bits per heavy atom. The molecule has 150 valence electrons. The number of rotatable bonds is 7. The largest absolute Gasteiger partial charge is 0.454 e. The second kappa shape index (κ2) is 8.38. The highest BCUT2D eigenvalue weighted by molar-refractivity contribution is 7.88. The van der Waals surface area contributed by atoms with Crippen LogP contribution in [0, 0.1) is 0 Å². The van der Waals surface area contributed by atoms with E-state index in [9.17, 15) is 13.2 Å². The Labute approximate surface area is 169 Å². The number of ether oxygens (including phenoxy) is 2. The van der Waals surface area contributed by atoms with Crippen molar-refractivity contribution in [2.24, 2.45) is 0 Å². The lowest BCUT2D eigenvalue weighted by atomic mass is 10.1. The fraction of sp³-hybridized carbons (Fsp3) is 0.316. The van der Waals surface area contributed by atoms with E-state index in [0.717, 1.165) is 5.56 Å². The van der Waals surface area contributed by atoms with E-state index in [1.165, 1.54) is 6.07 Å². The van der Waals surface area contributed by atoms with E-state index in [1.54, 1.807) is 44.2 Å². The van der Waals surface area contributed by atoms with Crippen LogP contribution in [0.5, 0.6) is 11.5 Å². The van der Waals surface area contributed by atoms with Gasteiger partial charge in [-0.05, 0) is 37.1 Å². The number of fused-ring (bicyclic) bond motifs is 1. The molecule has 1 aliphatic rings. The van der Waals surface area contributed by atoms with Crippen LogP contribution in [0.2, 0.25) is 5.02 Å². The Hall–Kier alpha value is -2.29. The Morgan fingerprint density at radius 3 is 2.50 bits per heavy atom. The van der Waals surface area contributed by atoms with Crippen molar-refractivity contribution in [2.45, 2.75) is 32.2 Å². The zero-order chi connectivity index (χ0) is 20.3. The number of hydrogen-bond acceptors (Lipinski definition) is 5. The third kappa shape index (κ3) is 5.15. The molecule has 0 unspecified atom stereocenters. The van der Waals surface area contributed by atoms with Crippen LogP contribution in [0.15, 0.2) is 36.4 Å². The molecule has 0 bridgehead atoms. The standard InChI is InChI=1S/C19H21ClN2O5S/c1-12(2)22-28(24,25)10-14-5-3-13(4-6-14)9-21-19(23)15-7-16(20)18-17(8-15)26-11-27-18/h3-8,12,22H,9-11H2,1-2H3,(H,21,23). The van der Waals surface area contributed by atoms with Gasteiger partial charge in [0.1, 0.15) is 0 Å². The predicted molar refractivity (Wildman–Crippen MR) is 106 cm³/mol. The summed E-state index contributed by atoms with van der Waals surface area (Å²) in [5.74, 6) is 0.495. The van der Waals surface area contributed by atoms with Crippen LogP contribution in [0.4, 0.5) is 0 Å². The van der Waals surface area contributed by atoms with Crippen molar-refractivity contribution < 1.29 is 22.7 Å². The predicted octanol–water partition coefficient (Wildman–Crippen LogP) is 2.83. The van der Waals surface area contributed by atoms with Gasteiger partial charge in [-0.15, -0.1) is 0 Å². The molecule has 0 aliphatic carbocycles. The Morgan fingerprint density at radius 1 is 1.14 bits per heavy atom. The zero-order valence-electron chi connectivity index (χ0n) is 15.5. The van der Waals surface area contributed by atoms with Gasteiger partial charge in [0.05, 0.1) is 10.8 Å². The van der Waals surface area contributed by atoms with Gasteiger partial charge in [0, 0.05) is 18.2 Å². The maximum absolute atomic E-state index is 12.4. The minimum atomic E-state index is -3.37. The SMILES string of the molecule is CC(C)NS(=O)(=O)Cc1ccc(CNC(=O)c2cc(Cl)c3c(c2)OCO3)cc1. The van der Waals surface area contributed by atoms with Crippen LogP contribution < -0.4 is 19.5 Å². The van der Waals surface area contributed by atoms with E-state index in [-0.39, 0.29) is 24.5 Å². The van der Waals surface area contributed by atoms with E-state index < -0.39 is 10.0 Å². The van der Waals surface area contributed by atoms with Crippen molar-refractivity contribution in [1.29, 1.82) is 0 Å². The minimum Gasteiger partial charge on any atom is -0.454 e. The fourth-order valence-corrected chi connectivity index (χ4v) is 4.45. The first kappa shape index (κ1) is 20.4. The first-order valence-electron chi connectivity index (χ1n) is 8.68. The van der Waals surface area contributed by atoms with E-state index in [1.807, 2.05) is 0 Å². The molecule has 0 saturated carbocycles. The highest BCUT2D eigenvalue weighted by Crippen LogP contribution is 2.39. The normalized spacial score (nSPS) is 13.0. The van der Waals surface area contributed by atoms with Gasteiger partial charge in [-0.25, -0.2) is 13.1 Å². The van der Waals surface area contributed by atoms with Crippen molar-refractivity contribution in [3.05, 3.63) is 58.1 Å². The van der Waals surface area contributed by atoms with Gasteiger partial charge in [0.25, 0.3) is 5.91 Å². The van der Waals surface area contributed by atoms with E-state index in [4.69, 9.17) is 21.1 Å². The molecule has 0 fully saturated rings. The Balaban J connectivity index is 1.59. The number of sulfonamides is 1. The lowest BCUT2D eigenvalue weighted by molar-refractivity contribution is 0.0950. The average molecular weight is 425 g/mol. The molecule has 2 N–H and O–H groups in total. The molecule has 0 spiro atoms. The summed E-state index contributed by atoms with van der Waals surface area (Å²) in [4.78, 5) is 12.4. The lowest BCUT2D eigenvalue weighted by Gasteiger charge is -2.10. The summed E-state index contributed by atoms with van der Waals surface area (Å²) in [6.07, 6.45) is 0. The summed E-state index contributed by atoms with van der Waals surface area (Å²) in [5.41, 5.74) is 1.89. The van der Waals surface area contributed by atoms with Crippen LogP contribution in [0.25, 0.3) is 0 Å². The van der Waals surface area contributed by atoms with Gasteiger partial charge < -0.3 is 14.8 Å². The second-order valence-corrected chi connectivity index (χ2v) is 8.88. The molecule has 0 atom stereocenters. The molecule has 9 heteroatoms. The van der Waals surface area contributed by atoms with Crippen molar-refractivity contribution in [3.8, 4) is 11.5 Å². The molecule has 2 aromatic rings. The minimum absolute atomic E-state index is 0.0783. The number of halogens is 1. The quantitative estimate of drug-likeness (QED) is 0.712. The van der Waals surface area contributed by atoms with Crippen LogP contribution in [0.1, 0.15) is 35.3 Å². The van der Waals surface area contributed by atoms with Gasteiger partial charge in [0.2, 0.25) is 16.8 Å². The smallest absolute Gasteiger partial charge is 0.251 e. The number of hydrogen-bond donors (Lipinski definition) is 2. The number of carbonyl (C=O) groups excluding carboxylic acids is 1. The molecular weight excluding hydrogens is 404 g/mol. The second-order valence-electron chi connectivity index (χ2n) is 6.72. The Bertz CT molecular complexity index is 975. The third-order valence-corrected chi connectivity index (χ3v) is 5.76. The first-order valence-corrected chi connectivity index (χ1v) is 10.7. The molecule has 0 saturated heterocycles. The summed E-state index contributed by atoms with van der Waals surface area (Å²) in [7, 11) is -3.37. The first-order chi connectivity index (χ1) is 13.2. The number of amides is 1. The zero-order valence-corrected chi connectivity index (χ0v) is 17.1. The summed E-state index contributed by atoms with van der Waals surface area (Å²) < 4.78 is 37.0. The topological polar surface area (TPSA) is 93.7 Å². The molecule has 1 aliphatic heterocycles. The maximum Gasteiger partial charge on any atom is 0.251 e. The van der Waals surface area contributed by atoms with Crippen molar-refractivity contribution in [2.75, 3.05) is 6.79 Å². The molecule has 1 amide bonds. The van der Waals surface area contributed by atoms with E-state index in [0.29, 0.717) is 34.2 Å². The van der Waals surface area contributed by atoms with Crippen LogP contribution >= 0.6 is 11.6 Å². The van der Waals surface area contributed by atoms with Crippen molar-refractivity contribution >= 4 is 27.5 Å². The molecular formula is C19H21ClN2O5S. The van der Waals surface area contributed by atoms with Crippen LogP contribution in [0.3, 0.4) is 0 Å². The summed E-state index contributed by atoms with van der Waals surface area (Å²) in [6.45, 7) is 3.92. The number of carbonyl (C=O) groups is 1. The monoisotopic (exact) mass is 424 g/mol. The van der Waals surface area contributed by atoms with Gasteiger partial charge in [-0.2, -0.15) is 0 Å². The van der Waals surface area contributed by atoms with Gasteiger partial charge >= 0.3 is 0 Å². The van der Waals surface area contributed by atoms with Crippen LogP contribution in [-0.2, 0) is 22.3 Å². The summed E-state index contributed by atoms with van der Waals surface area (Å²) >= 11 is 6.10. The molecule has 7 nitrogen and oxygen atoms in total. The summed E-state index contributed by atoms with van der Waals surface area (Å²) in [5, 5.41) is 3.12. The van der Waals surface area contributed by atoms with Gasteiger partial charge in [0.15, 0.2) is 11.5 Å². The highest BCUT2D eigenvalue weighted by Gasteiger charge is 2.20. The molecule has 0 radical (unpaired) electrons. The van der Waals surface area contributed by atoms with Crippen LogP contribution in [-0.4, -0.2) is 27.2 Å². The molecule has 3 rings (SSSR count). The summed E-state index contributed by atoms with van der Waals surface area (Å²) in [6, 6.07) is 10.0. The van der Waals surface area contributed by atoms with Crippen molar-refractivity contribution in [1.82, 2.24) is 10.0 Å². The molecule has 2 aromatic carbocycles. The van der Waals surface area contributed by atoms with Crippen molar-refractivity contribution in [3.63, 3.8) is 0 Å². The molecule has 0 aromatic heterocycles. The fourth-order valence-electron chi connectivity index (χ4n) is 2.76. The number of benzene rings is 2. The third-order valence-electron chi connectivity index (χ3n) is 3.94. The highest BCUT2D eigenvalue weighted by atomic mass is 35.5. The lowest BCUT2D eigenvalue weighted by Crippen LogP contribution is -2.31. The number of nitrogens with one attached hydrogen (secondary N) is 2. The molecule has 1 heterocycles. The van der Waals surface area contributed by atoms with E-state index >= 15 is 0 Å². The molecule has 28 heavy (non-hydrogen) atoms. The van der Waals surface area contributed by atoms with E-state index in [2.05, 4.69) is 10.0 Å². The van der Waals surface area contributed by atoms with Gasteiger partial charge in [-0.1, -0.05) is 35.9 Å².